The van der Waals surface area contributed by atoms with E-state index >= 15 is 0 Å². The molecule has 7 aliphatic rings. The zero-order chi connectivity index (χ0) is 86.5. The number of fused-ring (bicyclic) bond motifs is 32. The predicted octanol–water partition coefficient (Wildman–Crippen LogP) is 15.9. The molecule has 1 saturated heterocycles. The van der Waals surface area contributed by atoms with Gasteiger partial charge in [-0.3, -0.25) is 10.7 Å². The zero-order valence-corrected chi connectivity index (χ0v) is 69.3. The summed E-state index contributed by atoms with van der Waals surface area (Å²) in [5.74, 6) is 0.992. The van der Waals surface area contributed by atoms with Crippen LogP contribution in [0.4, 0.5) is 0 Å². The lowest BCUT2D eigenvalue weighted by Crippen LogP contribution is -2.56. The summed E-state index contributed by atoms with van der Waals surface area (Å²) in [6.45, 7) is 2.01. The van der Waals surface area contributed by atoms with Crippen molar-refractivity contribution in [2.45, 2.75) is 36.6 Å². The number of benzene rings is 8. The maximum absolute atomic E-state index is 10.2. The van der Waals surface area contributed by atoms with Gasteiger partial charge in [0.25, 0.3) is 0 Å². The Hall–Kier alpha value is -17.5. The van der Waals surface area contributed by atoms with Gasteiger partial charge in [0.1, 0.15) is 58.5 Å². The first-order valence-corrected chi connectivity index (χ1v) is 43.7. The van der Waals surface area contributed by atoms with Crippen molar-refractivity contribution in [3.63, 3.8) is 0 Å². The van der Waals surface area contributed by atoms with Gasteiger partial charge in [-0.25, -0.2) is 94.7 Å². The third kappa shape index (κ3) is 9.17. The summed E-state index contributed by atoms with van der Waals surface area (Å²) in [6, 6.07) is 84.0. The Morgan fingerprint density at radius 2 is 0.803 bits per heavy atom. The molecule has 24 aromatic rings. The Balaban J connectivity index is 0.642. The van der Waals surface area contributed by atoms with Crippen LogP contribution in [0, 0.1) is 12.3 Å². The van der Waals surface area contributed by atoms with Crippen LogP contribution >= 0.6 is 0 Å². The maximum atomic E-state index is 10.2. The molecule has 27 nitrogen and oxygen atoms in total. The van der Waals surface area contributed by atoms with Gasteiger partial charge in [0.2, 0.25) is 5.66 Å². The molecule has 5 unspecified atom stereocenters. The molecule has 27 heteroatoms. The summed E-state index contributed by atoms with van der Waals surface area (Å²) in [6.07, 6.45) is -2.72. The van der Waals surface area contributed by atoms with E-state index in [1.54, 1.807) is 0 Å². The number of nitrogens with one attached hydrogen (secondary N) is 4. The first kappa shape index (κ1) is 70.6. The monoisotopic (exact) mass is 1700 g/mol. The van der Waals surface area contributed by atoms with Crippen LogP contribution in [0.15, 0.2) is 296 Å². The van der Waals surface area contributed by atoms with Gasteiger partial charge < -0.3 is 32.7 Å². The van der Waals surface area contributed by atoms with Gasteiger partial charge in [-0.05, 0) is 116 Å². The summed E-state index contributed by atoms with van der Waals surface area (Å²) in [5.41, 5.74) is 42.3. The molecule has 1 aliphatic carbocycles. The van der Waals surface area contributed by atoms with E-state index in [-0.39, 0.29) is 23.9 Å². The molecule has 0 saturated carbocycles. The SMILES string of the molecule is Cc1cc2nc3c1cccc3c1ccc3c4nc5c(nc4c4ccc(nc4c3n1)c1cccc3ccc2nc31)C(=NC1=C2N=c3c(c4ccc6nc4c4nc(ccc34)c3cccc4ccc(nc43)c3ccc4cccc6c4n3)=NC23C(N)N13)NC5NC1NC(=N)C2=C1C1(N)C(=NC(CN)=N2)c2ccc3nc2c2nc(ccc21)c1cccc2ccc(nc21)c1ccc2cccc3c2n1. The number of hydrogen-bond acceptors (Lipinski definition) is 25. The van der Waals surface area contributed by atoms with Crippen LogP contribution in [-0.4, -0.2) is 122 Å². The molecular formula is C105H59N27. The van der Waals surface area contributed by atoms with E-state index in [0.717, 1.165) is 147 Å². The number of aliphatic imine (C=N–C) groups is 3. The smallest absolute Gasteiger partial charge is 0.215 e. The Bertz CT molecular complexity index is 10300. The Morgan fingerprint density at radius 1 is 0.386 bits per heavy atom. The lowest BCUT2D eigenvalue weighted by Gasteiger charge is -2.39. The molecule has 10 N–H and O–H groups in total. The molecule has 5 atom stereocenters. The average Bonchev–Trinajstić information content (AvgIpc) is 1.46. The van der Waals surface area contributed by atoms with Crippen LogP contribution in [0.1, 0.15) is 34.2 Å². The van der Waals surface area contributed by atoms with Crippen LogP contribution < -0.4 is 43.9 Å². The number of hydrogen-bond donors (Lipinski definition) is 7. The van der Waals surface area contributed by atoms with E-state index in [1.165, 1.54) is 0 Å². The predicted molar refractivity (Wildman–Crippen MR) is 518 cm³/mol. The minimum absolute atomic E-state index is 0.0370. The fraction of sp³-hybridized carbons (Fsp3) is 0.0667. The van der Waals surface area contributed by atoms with Gasteiger partial charge in [0.05, 0.1) is 166 Å². The minimum atomic E-state index is -1.74. The molecule has 6 aliphatic heterocycles. The van der Waals surface area contributed by atoms with Gasteiger partial charge in [-0.2, -0.15) is 0 Å². The second-order valence-electron chi connectivity index (χ2n) is 35.2. The number of nitrogens with zero attached hydrogens (tertiary/aromatic N) is 20. The topological polar surface area (TPSA) is 383 Å². The number of para-hydroxylation sites is 6. The normalized spacial score (nSPS) is 19.2. The lowest BCUT2D eigenvalue weighted by molar-refractivity contribution is 0.415. The van der Waals surface area contributed by atoms with Crippen molar-refractivity contribution in [1.82, 2.24) is 90.6 Å². The van der Waals surface area contributed by atoms with Gasteiger partial charge in [-0.1, -0.05) is 146 Å². The highest BCUT2D eigenvalue weighted by molar-refractivity contribution is 6.28. The molecule has 132 heavy (non-hydrogen) atoms. The van der Waals surface area contributed by atoms with Crippen molar-refractivity contribution in [1.29, 1.82) is 5.41 Å². The number of aryl methyl sites for hydroxylation is 1. The van der Waals surface area contributed by atoms with Crippen LogP contribution in [-0.2, 0) is 5.54 Å². The Labute approximate surface area is 740 Å². The highest BCUT2D eigenvalue weighted by Gasteiger charge is 2.75. The van der Waals surface area contributed by atoms with Crippen molar-refractivity contribution >= 4 is 253 Å². The fourth-order valence-electron chi connectivity index (χ4n) is 21.8. The van der Waals surface area contributed by atoms with Crippen LogP contribution in [0.3, 0.4) is 0 Å². The lowest BCUT2D eigenvalue weighted by atomic mass is 9.72. The Kier molecular flexibility index (Phi) is 13.2. The molecule has 1 spiro atoms. The first-order valence-electron chi connectivity index (χ1n) is 43.7. The third-order valence-corrected chi connectivity index (χ3v) is 28.1. The highest BCUT2D eigenvalue weighted by Crippen LogP contribution is 2.60. The van der Waals surface area contributed by atoms with Crippen LogP contribution in [0.2, 0.25) is 0 Å². The summed E-state index contributed by atoms with van der Waals surface area (Å²) in [4.78, 5) is 108. The number of amidine groups is 3. The van der Waals surface area contributed by atoms with Crippen molar-refractivity contribution in [3.05, 3.63) is 310 Å². The second-order valence-corrected chi connectivity index (χ2v) is 35.2. The third-order valence-electron chi connectivity index (χ3n) is 28.1. The van der Waals surface area contributed by atoms with E-state index in [1.807, 2.05) is 126 Å². The first-order chi connectivity index (χ1) is 64.9. The molecule has 22 heterocycles. The van der Waals surface area contributed by atoms with Crippen molar-refractivity contribution in [3.8, 4) is 0 Å². The Morgan fingerprint density at radius 3 is 1.33 bits per heavy atom. The van der Waals surface area contributed by atoms with Gasteiger partial charge >= 0.3 is 0 Å². The number of pyridine rings is 12. The second kappa shape index (κ2) is 24.6. The highest BCUT2D eigenvalue weighted by atomic mass is 15.6. The molecule has 0 radical (unpaired) electrons. The van der Waals surface area contributed by atoms with Gasteiger partial charge in [0.15, 0.2) is 11.7 Å². The minimum Gasteiger partial charge on any atom is -0.349 e. The molecule has 16 aromatic heterocycles. The van der Waals surface area contributed by atoms with Crippen molar-refractivity contribution < 1.29 is 0 Å². The van der Waals surface area contributed by atoms with E-state index in [4.69, 9.17) is 112 Å². The van der Waals surface area contributed by atoms with E-state index in [2.05, 4.69) is 150 Å². The van der Waals surface area contributed by atoms with Gasteiger partial charge in [0, 0.05) is 103 Å². The molecule has 8 aromatic carbocycles. The van der Waals surface area contributed by atoms with Crippen LogP contribution in [0.5, 0.6) is 0 Å². The van der Waals surface area contributed by atoms with Crippen molar-refractivity contribution in [2.24, 2.45) is 42.2 Å². The van der Waals surface area contributed by atoms with Crippen LogP contribution in [0.25, 0.3) is 230 Å². The van der Waals surface area contributed by atoms with Crippen molar-refractivity contribution in [2.75, 3.05) is 6.54 Å². The van der Waals surface area contributed by atoms with Gasteiger partial charge in [-0.15, -0.1) is 0 Å². The molecule has 24 bridgehead atoms. The number of rotatable bonds is 4. The molecule has 0 amide bonds. The molecule has 31 rings (SSSR count). The summed E-state index contributed by atoms with van der Waals surface area (Å²) < 4.78 is 0. The summed E-state index contributed by atoms with van der Waals surface area (Å²) in [7, 11) is 0. The van der Waals surface area contributed by atoms with E-state index in [9.17, 15) is 5.41 Å². The standard InChI is InChI=1S/C105H59N27/c1-44-42-74-73-35-24-49-12-5-16-53(81(49)120-73)63-36-25-57-83(110-63)84-58(26-38-67(113-84)56-19-7-13-50(44)82(56)121-74)87-88(57)125-95-94(124-87)100(128-99-76-93(98(107)127-99)122-75(43-106)123-96-61-29-40-66-54-17-4-10-47-22-33-71(118-79(47)54)72-34-23-48-11-6-18-55(80(48)119-72)68-41-30-62(104(76,96)109)92(115-68)90(61)114-66)129-101(95)130-102-97-105(103(108)132(102)105)131-91-60-28-39-65-52-15-3-9-46-21-32-70(117-78(46)52)69-31-20-45-8-2-14-51(77(45)116-69)64-37-27-59(89(91)126-97)85(111-64)86(60)112-65/h2-42,99-100,103,128H,43,106,108-109H2,1H3,(H2,107,127)(H,129,130). The van der Waals surface area contributed by atoms with E-state index < -0.39 is 29.7 Å². The zero-order valence-electron chi connectivity index (χ0n) is 69.3. The molecule has 1 fully saturated rings. The number of nitrogens with two attached hydrogens (primary N) is 3. The summed E-state index contributed by atoms with van der Waals surface area (Å²) in [5, 5.41) is 36.3. The van der Waals surface area contributed by atoms with E-state index in [0.29, 0.717) is 150 Å². The fourth-order valence-corrected chi connectivity index (χ4v) is 21.8. The number of aromatic nitrogens is 14. The quantitative estimate of drug-likeness (QED) is 0.0635. The average molecular weight is 1700 g/mol. The summed E-state index contributed by atoms with van der Waals surface area (Å²) >= 11 is 0. The molecular weight excluding hydrogens is 1640 g/mol. The molecule has 614 valence electrons. The largest absolute Gasteiger partial charge is 0.349 e. The maximum Gasteiger partial charge on any atom is 0.215 e.